The molecule has 5 heteroatoms. The maximum atomic E-state index is 12.3. The van der Waals surface area contributed by atoms with Crippen molar-refractivity contribution in [1.29, 1.82) is 5.26 Å². The Morgan fingerprint density at radius 3 is 2.63 bits per heavy atom. The molecule has 1 N–H and O–H groups in total. The van der Waals surface area contributed by atoms with Crippen molar-refractivity contribution < 1.29 is 4.79 Å². The van der Waals surface area contributed by atoms with Crippen molar-refractivity contribution >= 4 is 39.1 Å². The average Bonchev–Trinajstić information content (AvgIpc) is 2.43. The molecule has 0 saturated heterocycles. The molecule has 1 amide bonds. The normalized spacial score (nSPS) is 17.5. The van der Waals surface area contributed by atoms with Gasteiger partial charge < -0.3 is 5.32 Å². The number of carbonyl (C=O) groups is 1. The van der Waals surface area contributed by atoms with Crippen molar-refractivity contribution in [3.05, 3.63) is 27.7 Å². The maximum Gasteiger partial charge on any atom is 0.244 e. The molecule has 0 unspecified atom stereocenters. The first kappa shape index (κ1) is 14.4. The molecule has 0 spiro atoms. The van der Waals surface area contributed by atoms with Crippen LogP contribution in [0.4, 0.5) is 5.69 Å². The van der Waals surface area contributed by atoms with Crippen LogP contribution in [0.5, 0.6) is 0 Å². The summed E-state index contributed by atoms with van der Waals surface area (Å²) in [6.07, 6.45) is 4.24. The third-order valence-corrected chi connectivity index (χ3v) is 4.77. The molecule has 0 radical (unpaired) electrons. The Morgan fingerprint density at radius 1 is 1.37 bits per heavy atom. The zero-order chi connectivity index (χ0) is 13.9. The van der Waals surface area contributed by atoms with Crippen LogP contribution in [0, 0.1) is 16.7 Å². The highest BCUT2D eigenvalue weighted by molar-refractivity contribution is 9.10. The van der Waals surface area contributed by atoms with E-state index in [0.29, 0.717) is 23.6 Å². The van der Waals surface area contributed by atoms with Crippen molar-refractivity contribution in [3.63, 3.8) is 0 Å². The summed E-state index contributed by atoms with van der Waals surface area (Å²) in [4.78, 5) is 12.3. The number of nitriles is 1. The monoisotopic (exact) mass is 340 g/mol. The highest BCUT2D eigenvalue weighted by atomic mass is 79.9. The topological polar surface area (TPSA) is 52.9 Å². The van der Waals surface area contributed by atoms with E-state index in [1.54, 1.807) is 18.2 Å². The summed E-state index contributed by atoms with van der Waals surface area (Å²) in [5.41, 5.74) is -0.254. The van der Waals surface area contributed by atoms with Crippen molar-refractivity contribution in [2.45, 2.75) is 32.1 Å². The Labute approximate surface area is 126 Å². The molecule has 1 aromatic carbocycles. The van der Waals surface area contributed by atoms with E-state index in [0.717, 1.165) is 23.7 Å². The Morgan fingerprint density at radius 2 is 2.05 bits per heavy atom. The average molecular weight is 342 g/mol. The lowest BCUT2D eigenvalue weighted by molar-refractivity contribution is -0.124. The number of nitrogens with zero attached hydrogens (tertiary/aromatic N) is 1. The van der Waals surface area contributed by atoms with Gasteiger partial charge in [-0.05, 0) is 47.0 Å². The van der Waals surface area contributed by atoms with Gasteiger partial charge in [0.2, 0.25) is 5.91 Å². The zero-order valence-corrected chi connectivity index (χ0v) is 12.7. The summed E-state index contributed by atoms with van der Waals surface area (Å²) in [6.45, 7) is 0. The zero-order valence-electron chi connectivity index (χ0n) is 10.4. The standard InChI is InChI=1S/C14H14BrClN2O/c15-11-5-4-10(8-12(11)16)18-13(19)14(9-17)6-2-1-3-7-14/h4-5,8H,1-3,6-7H2,(H,18,19). The molecule has 1 fully saturated rings. The minimum Gasteiger partial charge on any atom is -0.325 e. The van der Waals surface area contributed by atoms with E-state index in [-0.39, 0.29) is 5.91 Å². The Bertz CT molecular complexity index is 533. The molecule has 0 atom stereocenters. The quantitative estimate of drug-likeness (QED) is 0.860. The molecule has 0 bridgehead atoms. The van der Waals surface area contributed by atoms with Gasteiger partial charge in [0.1, 0.15) is 5.41 Å². The Balaban J connectivity index is 2.15. The highest BCUT2D eigenvalue weighted by Gasteiger charge is 2.39. The van der Waals surface area contributed by atoms with Crippen LogP contribution in [-0.2, 0) is 4.79 Å². The number of amides is 1. The van der Waals surface area contributed by atoms with Gasteiger partial charge in [-0.1, -0.05) is 30.9 Å². The number of hydrogen-bond donors (Lipinski definition) is 1. The summed E-state index contributed by atoms with van der Waals surface area (Å²) in [7, 11) is 0. The fourth-order valence-electron chi connectivity index (χ4n) is 2.37. The molecular weight excluding hydrogens is 328 g/mol. The van der Waals surface area contributed by atoms with Crippen molar-refractivity contribution in [1.82, 2.24) is 0 Å². The molecule has 100 valence electrons. The van der Waals surface area contributed by atoms with Crippen molar-refractivity contribution in [2.24, 2.45) is 5.41 Å². The summed E-state index contributed by atoms with van der Waals surface area (Å²) in [5.74, 6) is -0.215. The van der Waals surface area contributed by atoms with E-state index < -0.39 is 5.41 Å². The van der Waals surface area contributed by atoms with E-state index in [2.05, 4.69) is 27.3 Å². The van der Waals surface area contributed by atoms with Crippen LogP contribution >= 0.6 is 27.5 Å². The van der Waals surface area contributed by atoms with Crippen molar-refractivity contribution in [3.8, 4) is 6.07 Å². The van der Waals surface area contributed by atoms with Gasteiger partial charge in [0.05, 0.1) is 11.1 Å². The van der Waals surface area contributed by atoms with Gasteiger partial charge in [-0.15, -0.1) is 0 Å². The largest absolute Gasteiger partial charge is 0.325 e. The molecule has 3 nitrogen and oxygen atoms in total. The lowest BCUT2D eigenvalue weighted by Gasteiger charge is -2.29. The highest BCUT2D eigenvalue weighted by Crippen LogP contribution is 2.37. The smallest absolute Gasteiger partial charge is 0.244 e. The lowest BCUT2D eigenvalue weighted by atomic mass is 9.74. The van der Waals surface area contributed by atoms with Crippen LogP contribution in [-0.4, -0.2) is 5.91 Å². The predicted octanol–water partition coefficient (Wildman–Crippen LogP) is 4.52. The summed E-state index contributed by atoms with van der Waals surface area (Å²) < 4.78 is 0.778. The van der Waals surface area contributed by atoms with Gasteiger partial charge in [0.25, 0.3) is 0 Å². The summed E-state index contributed by atoms with van der Waals surface area (Å²) in [6, 6.07) is 7.43. The van der Waals surface area contributed by atoms with Crippen LogP contribution in [0.1, 0.15) is 32.1 Å². The fourth-order valence-corrected chi connectivity index (χ4v) is 2.80. The van der Waals surface area contributed by atoms with E-state index in [1.807, 2.05) is 0 Å². The number of rotatable bonds is 2. The fraction of sp³-hybridized carbons (Fsp3) is 0.429. The first-order valence-electron chi connectivity index (χ1n) is 6.25. The third-order valence-electron chi connectivity index (χ3n) is 3.53. The van der Waals surface area contributed by atoms with Crippen LogP contribution < -0.4 is 5.32 Å². The molecule has 2 rings (SSSR count). The van der Waals surface area contributed by atoms with Gasteiger partial charge in [-0.3, -0.25) is 4.79 Å². The van der Waals surface area contributed by atoms with Gasteiger partial charge in [-0.2, -0.15) is 5.26 Å². The van der Waals surface area contributed by atoms with E-state index in [9.17, 15) is 10.1 Å². The second-order valence-electron chi connectivity index (χ2n) is 4.84. The summed E-state index contributed by atoms with van der Waals surface area (Å²) in [5, 5.41) is 12.7. The van der Waals surface area contributed by atoms with Crippen molar-refractivity contribution in [2.75, 3.05) is 5.32 Å². The van der Waals surface area contributed by atoms with E-state index in [1.165, 1.54) is 0 Å². The predicted molar refractivity (Wildman–Crippen MR) is 78.9 cm³/mol. The third kappa shape index (κ3) is 3.10. The Hall–Kier alpha value is -1.05. The van der Waals surface area contributed by atoms with E-state index in [4.69, 9.17) is 11.6 Å². The van der Waals surface area contributed by atoms with Crippen LogP contribution in [0.25, 0.3) is 0 Å². The van der Waals surface area contributed by atoms with E-state index >= 15 is 0 Å². The second-order valence-corrected chi connectivity index (χ2v) is 6.10. The van der Waals surface area contributed by atoms with Crippen LogP contribution in [0.15, 0.2) is 22.7 Å². The van der Waals surface area contributed by atoms with Crippen LogP contribution in [0.2, 0.25) is 5.02 Å². The first-order chi connectivity index (χ1) is 9.07. The number of anilines is 1. The number of halogens is 2. The number of carbonyl (C=O) groups excluding carboxylic acids is 1. The molecular formula is C14H14BrClN2O. The molecule has 0 aliphatic heterocycles. The van der Waals surface area contributed by atoms with Gasteiger partial charge in [-0.25, -0.2) is 0 Å². The second kappa shape index (κ2) is 5.94. The van der Waals surface area contributed by atoms with Gasteiger partial charge >= 0.3 is 0 Å². The molecule has 0 aromatic heterocycles. The maximum absolute atomic E-state index is 12.3. The first-order valence-corrected chi connectivity index (χ1v) is 7.42. The number of hydrogen-bond acceptors (Lipinski definition) is 2. The van der Waals surface area contributed by atoms with Crippen LogP contribution in [0.3, 0.4) is 0 Å². The van der Waals surface area contributed by atoms with Gasteiger partial charge in [0, 0.05) is 10.2 Å². The molecule has 1 aromatic rings. The number of nitrogens with one attached hydrogen (secondary N) is 1. The molecule has 0 heterocycles. The summed E-state index contributed by atoms with van der Waals surface area (Å²) >= 11 is 9.29. The van der Waals surface area contributed by atoms with Gasteiger partial charge in [0.15, 0.2) is 0 Å². The lowest BCUT2D eigenvalue weighted by Crippen LogP contribution is -2.36. The molecule has 1 aliphatic carbocycles. The number of benzene rings is 1. The molecule has 1 aliphatic rings. The SMILES string of the molecule is N#CC1(C(=O)Nc2ccc(Br)c(Cl)c2)CCCCC1. The molecule has 1 saturated carbocycles. The minimum absolute atomic E-state index is 0.215. The molecule has 19 heavy (non-hydrogen) atoms. The minimum atomic E-state index is -0.877. The Kier molecular flexibility index (Phi) is 4.49.